The average Bonchev–Trinajstić information content (AvgIpc) is 2.98. The fourth-order valence-electron chi connectivity index (χ4n) is 1.92. The summed E-state index contributed by atoms with van der Waals surface area (Å²) < 4.78 is 0. The second-order valence-corrected chi connectivity index (χ2v) is 6.50. The topological polar surface area (TPSA) is 27.6 Å². The summed E-state index contributed by atoms with van der Waals surface area (Å²) in [5, 5.41) is 5.50. The van der Waals surface area contributed by atoms with E-state index in [1.807, 2.05) is 11.8 Å². The minimum absolute atomic E-state index is 0.534. The van der Waals surface area contributed by atoms with Crippen LogP contribution in [0, 0.1) is 5.92 Å². The van der Waals surface area contributed by atoms with E-state index in [1.165, 1.54) is 24.4 Å². The van der Waals surface area contributed by atoms with Crippen LogP contribution < -0.4 is 5.32 Å². The number of nitrogens with one attached hydrogen (secondary N) is 1. The number of amidine groups is 1. The van der Waals surface area contributed by atoms with Gasteiger partial charge in [0, 0.05) is 11.3 Å². The molecule has 0 saturated heterocycles. The van der Waals surface area contributed by atoms with Gasteiger partial charge in [0.05, 0.1) is 6.54 Å². The predicted octanol–water partition coefficient (Wildman–Crippen LogP) is 1.80. The van der Waals surface area contributed by atoms with Gasteiger partial charge in [0.2, 0.25) is 0 Å². The minimum atomic E-state index is 0.534. The first-order valence-electron chi connectivity index (χ1n) is 6.27. The maximum atomic E-state index is 4.60. The molecule has 2 atom stereocenters. The van der Waals surface area contributed by atoms with Crippen LogP contribution in [0.3, 0.4) is 0 Å². The molecule has 0 spiro atoms. The Kier molecular flexibility index (Phi) is 4.14. The summed E-state index contributed by atoms with van der Waals surface area (Å²) in [7, 11) is 4.25. The maximum Gasteiger partial charge on any atom is 0.157 e. The van der Waals surface area contributed by atoms with E-state index in [1.54, 1.807) is 0 Å². The van der Waals surface area contributed by atoms with E-state index < -0.39 is 0 Å². The highest BCUT2D eigenvalue weighted by Crippen LogP contribution is 2.41. The van der Waals surface area contributed by atoms with E-state index in [2.05, 4.69) is 36.2 Å². The molecule has 0 aromatic rings. The van der Waals surface area contributed by atoms with Gasteiger partial charge in [-0.25, -0.2) is 0 Å². The van der Waals surface area contributed by atoms with Crippen LogP contribution in [-0.2, 0) is 0 Å². The lowest BCUT2D eigenvalue weighted by atomic mass is 10.2. The highest BCUT2D eigenvalue weighted by molar-refractivity contribution is 8.14. The van der Waals surface area contributed by atoms with E-state index in [-0.39, 0.29) is 0 Å². The molecule has 1 saturated carbocycles. The van der Waals surface area contributed by atoms with Gasteiger partial charge in [0.1, 0.15) is 0 Å². The second-order valence-electron chi connectivity index (χ2n) is 5.28. The molecular formula is C12H23N3S. The highest BCUT2D eigenvalue weighted by atomic mass is 32.2. The molecule has 0 bridgehead atoms. The third-order valence-electron chi connectivity index (χ3n) is 3.20. The van der Waals surface area contributed by atoms with Crippen LogP contribution in [0.4, 0.5) is 0 Å². The zero-order chi connectivity index (χ0) is 11.5. The van der Waals surface area contributed by atoms with Crippen molar-refractivity contribution in [3.63, 3.8) is 0 Å². The van der Waals surface area contributed by atoms with Crippen molar-refractivity contribution >= 4 is 16.9 Å². The number of hydrogen-bond donors (Lipinski definition) is 1. The number of aliphatic imine (C=N–C) groups is 1. The summed E-state index contributed by atoms with van der Waals surface area (Å²) in [5.41, 5.74) is 0. The highest BCUT2D eigenvalue weighted by Gasteiger charge is 2.35. The van der Waals surface area contributed by atoms with Gasteiger partial charge in [-0.15, -0.1) is 0 Å². The van der Waals surface area contributed by atoms with Gasteiger partial charge >= 0.3 is 0 Å². The summed E-state index contributed by atoms with van der Waals surface area (Å²) in [6, 6.07) is 0.534. The number of nitrogens with zero attached hydrogens (tertiary/aromatic N) is 2. The predicted molar refractivity (Wildman–Crippen MR) is 72.2 cm³/mol. The molecule has 1 heterocycles. The molecule has 2 unspecified atom stereocenters. The summed E-state index contributed by atoms with van der Waals surface area (Å²) >= 11 is 1.97. The van der Waals surface area contributed by atoms with E-state index in [0.29, 0.717) is 6.04 Å². The molecule has 1 aliphatic heterocycles. The lowest BCUT2D eigenvalue weighted by Crippen LogP contribution is -2.32. The van der Waals surface area contributed by atoms with Crippen LogP contribution in [0.1, 0.15) is 26.2 Å². The van der Waals surface area contributed by atoms with E-state index >= 15 is 0 Å². The molecule has 1 fully saturated rings. The molecule has 1 aliphatic carbocycles. The van der Waals surface area contributed by atoms with Gasteiger partial charge in [0.25, 0.3) is 0 Å². The van der Waals surface area contributed by atoms with E-state index in [9.17, 15) is 0 Å². The van der Waals surface area contributed by atoms with Crippen molar-refractivity contribution in [2.24, 2.45) is 10.9 Å². The molecule has 1 N–H and O–H groups in total. The summed E-state index contributed by atoms with van der Waals surface area (Å²) in [4.78, 5) is 6.83. The Morgan fingerprint density at radius 1 is 1.50 bits per heavy atom. The lowest BCUT2D eigenvalue weighted by Gasteiger charge is -2.17. The largest absolute Gasteiger partial charge is 0.362 e. The van der Waals surface area contributed by atoms with E-state index in [0.717, 1.165) is 24.3 Å². The van der Waals surface area contributed by atoms with Gasteiger partial charge < -0.3 is 10.2 Å². The number of thioether (sulfide) groups is 1. The van der Waals surface area contributed by atoms with Crippen LogP contribution >= 0.6 is 11.8 Å². The third kappa shape index (κ3) is 3.67. The van der Waals surface area contributed by atoms with Crippen LogP contribution in [0.5, 0.6) is 0 Å². The normalized spacial score (nSPS) is 27.0. The zero-order valence-corrected chi connectivity index (χ0v) is 11.4. The fourth-order valence-corrected chi connectivity index (χ4v) is 3.24. The Balaban J connectivity index is 1.65. The molecule has 16 heavy (non-hydrogen) atoms. The lowest BCUT2D eigenvalue weighted by molar-refractivity contribution is 0.379. The zero-order valence-electron chi connectivity index (χ0n) is 10.6. The van der Waals surface area contributed by atoms with Gasteiger partial charge in [-0.2, -0.15) is 0 Å². The molecular weight excluding hydrogens is 218 g/mol. The first-order valence-corrected chi connectivity index (χ1v) is 7.15. The first-order chi connectivity index (χ1) is 7.65. The molecule has 92 valence electrons. The Hall–Kier alpha value is -0.220. The fraction of sp³-hybridized carbons (Fsp3) is 0.917. The smallest absolute Gasteiger partial charge is 0.157 e. The average molecular weight is 241 g/mol. The van der Waals surface area contributed by atoms with Crippen LogP contribution in [-0.4, -0.2) is 48.5 Å². The van der Waals surface area contributed by atoms with Crippen molar-refractivity contribution in [2.75, 3.05) is 27.2 Å². The molecule has 4 heteroatoms. The minimum Gasteiger partial charge on any atom is -0.362 e. The van der Waals surface area contributed by atoms with Crippen LogP contribution in [0.25, 0.3) is 0 Å². The summed E-state index contributed by atoms with van der Waals surface area (Å²) in [6.07, 6.45) is 4.04. The first kappa shape index (κ1) is 12.2. The molecule has 2 aliphatic rings. The molecule has 0 aromatic carbocycles. The molecule has 0 amide bonds. The molecule has 3 nitrogen and oxygen atoms in total. The SMILES string of the molecule is CC(CCN(C)C)NC1=NCC(C2CC2)S1. The molecule has 0 radical (unpaired) electrons. The third-order valence-corrected chi connectivity index (χ3v) is 4.51. The van der Waals surface area contributed by atoms with Crippen LogP contribution in [0.15, 0.2) is 4.99 Å². The Morgan fingerprint density at radius 3 is 2.88 bits per heavy atom. The van der Waals surface area contributed by atoms with Crippen molar-refractivity contribution in [1.82, 2.24) is 10.2 Å². The van der Waals surface area contributed by atoms with Crippen LogP contribution in [0.2, 0.25) is 0 Å². The number of hydrogen-bond acceptors (Lipinski definition) is 4. The molecule has 2 rings (SSSR count). The standard InChI is InChI=1S/C12H23N3S/c1-9(6-7-15(2)3)14-12-13-8-11(16-12)10-4-5-10/h9-11H,4-8H2,1-3H3,(H,13,14). The van der Waals surface area contributed by atoms with E-state index in [4.69, 9.17) is 0 Å². The molecule has 0 aromatic heterocycles. The monoisotopic (exact) mass is 241 g/mol. The van der Waals surface area contributed by atoms with Crippen molar-refractivity contribution in [1.29, 1.82) is 0 Å². The number of rotatable bonds is 5. The van der Waals surface area contributed by atoms with Gasteiger partial charge in [-0.05, 0) is 52.7 Å². The van der Waals surface area contributed by atoms with Crippen molar-refractivity contribution < 1.29 is 0 Å². The Bertz CT molecular complexity index is 261. The van der Waals surface area contributed by atoms with Gasteiger partial charge in [0.15, 0.2) is 5.17 Å². The van der Waals surface area contributed by atoms with Crippen molar-refractivity contribution in [3.8, 4) is 0 Å². The summed E-state index contributed by atoms with van der Waals surface area (Å²) in [5.74, 6) is 0.963. The van der Waals surface area contributed by atoms with Gasteiger partial charge in [-0.3, -0.25) is 4.99 Å². The van der Waals surface area contributed by atoms with Crippen molar-refractivity contribution in [2.45, 2.75) is 37.5 Å². The van der Waals surface area contributed by atoms with Gasteiger partial charge in [-0.1, -0.05) is 11.8 Å². The maximum absolute atomic E-state index is 4.60. The Labute approximate surface area is 103 Å². The second kappa shape index (κ2) is 5.41. The Morgan fingerprint density at radius 2 is 2.25 bits per heavy atom. The summed E-state index contributed by atoms with van der Waals surface area (Å²) in [6.45, 7) is 4.42. The van der Waals surface area contributed by atoms with Crippen molar-refractivity contribution in [3.05, 3.63) is 0 Å². The quantitative estimate of drug-likeness (QED) is 0.795.